The molecule has 11 rings (SSSR count). The van der Waals surface area contributed by atoms with Gasteiger partial charge in [0.25, 0.3) is 0 Å². The van der Waals surface area contributed by atoms with E-state index in [9.17, 15) is 0 Å². The first kappa shape index (κ1) is 30.7. The van der Waals surface area contributed by atoms with Gasteiger partial charge >= 0.3 is 0 Å². The molecule has 3 heterocycles. The van der Waals surface area contributed by atoms with Crippen molar-refractivity contribution in [3.05, 3.63) is 199 Å². The fourth-order valence-corrected chi connectivity index (χ4v) is 8.81. The van der Waals surface area contributed by atoms with E-state index in [0.717, 1.165) is 71.8 Å². The highest BCUT2D eigenvalue weighted by molar-refractivity contribution is 6.17. The lowest BCUT2D eigenvalue weighted by atomic mass is 10.0. The fourth-order valence-electron chi connectivity index (χ4n) is 8.81. The quantitative estimate of drug-likeness (QED) is 0.163. The standard InChI is InChI=1S/C50H29N5/c1-51-32-26-28-39-38-17-6-11-22-45(38)55(49(39)30-32)42-19-8-3-14-35(42)34-29-27-33(31-41(34)52-2)53-46-23-12-7-18-40(46)50-47(53)24-13-25-48(50)54-43-20-9-4-15-36(43)37-16-5-10-21-44(37)54/h3-31H. The van der Waals surface area contributed by atoms with Crippen molar-refractivity contribution in [3.8, 4) is 28.2 Å². The number of hydrogen-bond acceptors (Lipinski definition) is 0. The molecule has 0 saturated carbocycles. The summed E-state index contributed by atoms with van der Waals surface area (Å²) in [5.74, 6) is 0. The fraction of sp³-hybridized carbons (Fsp3) is 0. The SMILES string of the molecule is [C-]#[N+]c1ccc2c3ccccc3n(-c3ccccc3-c3ccc(-n4c5ccccc5c5c(-n6c7ccccc7c7ccccc76)cccc54)cc3[N+]#[C-])c2c1. The van der Waals surface area contributed by atoms with Crippen LogP contribution in [0.1, 0.15) is 0 Å². The van der Waals surface area contributed by atoms with Gasteiger partial charge in [0, 0.05) is 43.5 Å². The zero-order valence-corrected chi connectivity index (χ0v) is 29.5. The van der Waals surface area contributed by atoms with Crippen LogP contribution in [0.15, 0.2) is 176 Å². The van der Waals surface area contributed by atoms with E-state index in [4.69, 9.17) is 13.1 Å². The number of hydrogen-bond donors (Lipinski definition) is 0. The molecule has 11 aromatic rings. The number of rotatable bonds is 4. The largest absolute Gasteiger partial charge is 0.310 e. The average molecular weight is 700 g/mol. The maximum Gasteiger partial charge on any atom is 0.197 e. The zero-order valence-electron chi connectivity index (χ0n) is 29.5. The second kappa shape index (κ2) is 11.8. The van der Waals surface area contributed by atoms with Gasteiger partial charge < -0.3 is 13.7 Å². The van der Waals surface area contributed by atoms with Crippen molar-refractivity contribution in [3.63, 3.8) is 0 Å². The van der Waals surface area contributed by atoms with Crippen molar-refractivity contribution in [2.24, 2.45) is 0 Å². The van der Waals surface area contributed by atoms with Crippen LogP contribution in [0, 0.1) is 13.1 Å². The van der Waals surface area contributed by atoms with E-state index in [1.54, 1.807) is 0 Å². The molecular formula is C50H29N5. The highest BCUT2D eigenvalue weighted by atomic mass is 15.0. The molecule has 0 N–H and O–H groups in total. The minimum absolute atomic E-state index is 0.567. The van der Waals surface area contributed by atoms with Crippen LogP contribution in [0.5, 0.6) is 0 Å². The molecule has 0 saturated heterocycles. The Kier molecular flexibility index (Phi) is 6.61. The predicted octanol–water partition coefficient (Wildman–Crippen LogP) is 13.7. The molecule has 254 valence electrons. The van der Waals surface area contributed by atoms with E-state index in [1.807, 2.05) is 42.5 Å². The van der Waals surface area contributed by atoms with Gasteiger partial charge in [-0.05, 0) is 71.8 Å². The number of benzene rings is 8. The highest BCUT2D eigenvalue weighted by Crippen LogP contribution is 2.43. The number of fused-ring (bicyclic) bond motifs is 9. The molecule has 0 aliphatic rings. The zero-order chi connectivity index (χ0) is 36.6. The third-order valence-electron chi connectivity index (χ3n) is 11.1. The van der Waals surface area contributed by atoms with E-state index in [1.165, 1.54) is 21.8 Å². The van der Waals surface area contributed by atoms with Crippen LogP contribution in [0.2, 0.25) is 0 Å². The Morgan fingerprint density at radius 2 is 0.873 bits per heavy atom. The Morgan fingerprint density at radius 1 is 0.345 bits per heavy atom. The number of para-hydroxylation sites is 5. The lowest BCUT2D eigenvalue weighted by Gasteiger charge is -2.16. The first-order valence-electron chi connectivity index (χ1n) is 18.3. The van der Waals surface area contributed by atoms with E-state index < -0.39 is 0 Å². The van der Waals surface area contributed by atoms with Crippen molar-refractivity contribution in [1.82, 2.24) is 13.7 Å². The molecule has 5 nitrogen and oxygen atoms in total. The van der Waals surface area contributed by atoms with E-state index in [2.05, 4.69) is 157 Å². The predicted molar refractivity (Wildman–Crippen MR) is 227 cm³/mol. The van der Waals surface area contributed by atoms with Gasteiger partial charge in [-0.25, -0.2) is 9.69 Å². The Morgan fingerprint density at radius 3 is 1.53 bits per heavy atom. The van der Waals surface area contributed by atoms with Crippen LogP contribution in [0.4, 0.5) is 11.4 Å². The lowest BCUT2D eigenvalue weighted by molar-refractivity contribution is 1.17. The summed E-state index contributed by atoms with van der Waals surface area (Å²) in [6, 6.07) is 61.2. The topological polar surface area (TPSA) is 23.5 Å². The summed E-state index contributed by atoms with van der Waals surface area (Å²) in [4.78, 5) is 7.91. The summed E-state index contributed by atoms with van der Waals surface area (Å²) >= 11 is 0. The van der Waals surface area contributed by atoms with Crippen LogP contribution in [-0.2, 0) is 0 Å². The monoisotopic (exact) mass is 699 g/mol. The third kappa shape index (κ3) is 4.39. The average Bonchev–Trinajstić information content (AvgIpc) is 3.89. The first-order chi connectivity index (χ1) is 27.2. The van der Waals surface area contributed by atoms with E-state index in [-0.39, 0.29) is 0 Å². The molecular weight excluding hydrogens is 671 g/mol. The van der Waals surface area contributed by atoms with Gasteiger partial charge in [0.15, 0.2) is 11.4 Å². The van der Waals surface area contributed by atoms with Crippen LogP contribution in [-0.4, -0.2) is 13.7 Å². The summed E-state index contributed by atoms with van der Waals surface area (Å²) < 4.78 is 6.93. The minimum Gasteiger partial charge on any atom is -0.310 e. The summed E-state index contributed by atoms with van der Waals surface area (Å²) in [6.45, 7) is 16.2. The van der Waals surface area contributed by atoms with Gasteiger partial charge in [0.05, 0.1) is 52.1 Å². The number of aromatic nitrogens is 3. The van der Waals surface area contributed by atoms with Gasteiger partial charge in [0.2, 0.25) is 0 Å². The van der Waals surface area contributed by atoms with Gasteiger partial charge in [-0.15, -0.1) is 0 Å². The molecule has 0 atom stereocenters. The van der Waals surface area contributed by atoms with Crippen molar-refractivity contribution in [2.45, 2.75) is 0 Å². The van der Waals surface area contributed by atoms with Crippen LogP contribution in [0.25, 0.3) is 103 Å². The second-order valence-corrected chi connectivity index (χ2v) is 13.9. The molecule has 0 amide bonds. The molecule has 8 aromatic carbocycles. The summed E-state index contributed by atoms with van der Waals surface area (Å²) in [6.07, 6.45) is 0. The third-order valence-corrected chi connectivity index (χ3v) is 11.1. The van der Waals surface area contributed by atoms with Crippen LogP contribution < -0.4 is 0 Å². The summed E-state index contributed by atoms with van der Waals surface area (Å²) in [7, 11) is 0. The Bertz CT molecular complexity index is 3420. The van der Waals surface area contributed by atoms with Gasteiger partial charge in [-0.3, -0.25) is 0 Å². The Balaban J connectivity index is 1.14. The molecule has 0 spiro atoms. The summed E-state index contributed by atoms with van der Waals surface area (Å²) in [5.41, 5.74) is 12.5. The van der Waals surface area contributed by atoms with Gasteiger partial charge in [-0.1, -0.05) is 115 Å². The normalized spacial score (nSPS) is 11.6. The Labute approximate surface area is 316 Å². The number of nitrogens with zero attached hydrogens (tertiary/aromatic N) is 5. The second-order valence-electron chi connectivity index (χ2n) is 13.9. The maximum absolute atomic E-state index is 8.50. The Hall–Kier alpha value is -7.86. The van der Waals surface area contributed by atoms with Crippen molar-refractivity contribution < 1.29 is 0 Å². The van der Waals surface area contributed by atoms with Gasteiger partial charge in [-0.2, -0.15) is 0 Å². The molecule has 0 aliphatic heterocycles. The van der Waals surface area contributed by atoms with Crippen LogP contribution in [0.3, 0.4) is 0 Å². The van der Waals surface area contributed by atoms with E-state index in [0.29, 0.717) is 11.4 Å². The van der Waals surface area contributed by atoms with Crippen molar-refractivity contribution in [1.29, 1.82) is 0 Å². The van der Waals surface area contributed by atoms with Crippen LogP contribution >= 0.6 is 0 Å². The first-order valence-corrected chi connectivity index (χ1v) is 18.3. The van der Waals surface area contributed by atoms with Crippen molar-refractivity contribution >= 4 is 76.8 Å². The van der Waals surface area contributed by atoms with Gasteiger partial charge in [0.1, 0.15) is 0 Å². The summed E-state index contributed by atoms with van der Waals surface area (Å²) in [5, 5.41) is 6.97. The minimum atomic E-state index is 0.567. The molecule has 0 bridgehead atoms. The van der Waals surface area contributed by atoms with Crippen molar-refractivity contribution in [2.75, 3.05) is 0 Å². The molecule has 0 radical (unpaired) electrons. The molecule has 55 heavy (non-hydrogen) atoms. The highest BCUT2D eigenvalue weighted by Gasteiger charge is 2.21. The molecule has 0 aliphatic carbocycles. The smallest absolute Gasteiger partial charge is 0.197 e. The maximum atomic E-state index is 8.50. The molecule has 3 aromatic heterocycles. The molecule has 0 fully saturated rings. The lowest BCUT2D eigenvalue weighted by Crippen LogP contribution is -1.98. The molecule has 0 unspecified atom stereocenters. The van der Waals surface area contributed by atoms with E-state index >= 15 is 0 Å². The molecule has 5 heteroatoms.